The van der Waals surface area contributed by atoms with Crippen molar-refractivity contribution in [2.75, 3.05) is 25.1 Å². The molecule has 6 nitrogen and oxygen atoms in total. The number of halogens is 1. The minimum atomic E-state index is -0.275. The number of carbonyl (C=O) groups is 1. The maximum atomic E-state index is 11.9. The van der Waals surface area contributed by atoms with Crippen LogP contribution >= 0.6 is 39.0 Å². The van der Waals surface area contributed by atoms with Crippen molar-refractivity contribution in [2.45, 2.75) is 19.1 Å². The van der Waals surface area contributed by atoms with E-state index in [1.54, 1.807) is 0 Å². The van der Waals surface area contributed by atoms with Crippen molar-refractivity contribution >= 4 is 45.0 Å². The van der Waals surface area contributed by atoms with Gasteiger partial charge in [-0.3, -0.25) is 9.69 Å². The van der Waals surface area contributed by atoms with Crippen molar-refractivity contribution in [3.05, 3.63) is 21.8 Å². The second-order valence-corrected chi connectivity index (χ2v) is 8.82. The van der Waals surface area contributed by atoms with E-state index < -0.39 is 0 Å². The Kier molecular flexibility index (Phi) is 5.73. The largest absolute Gasteiger partial charge is 0.455 e. The summed E-state index contributed by atoms with van der Waals surface area (Å²) in [6.45, 7) is 0.287. The fraction of sp³-hybridized carbons (Fsp3) is 0.500. The third kappa shape index (κ3) is 4.56. The number of nitrogens with zero attached hydrogens (tertiary/aromatic N) is 3. The first-order chi connectivity index (χ1) is 11.1. The molecule has 0 bridgehead atoms. The van der Waals surface area contributed by atoms with E-state index in [0.29, 0.717) is 17.8 Å². The van der Waals surface area contributed by atoms with Crippen LogP contribution in [-0.4, -0.2) is 52.1 Å². The highest BCUT2D eigenvalue weighted by molar-refractivity contribution is 9.11. The van der Waals surface area contributed by atoms with Gasteiger partial charge in [-0.2, -0.15) is 16.7 Å². The number of carbonyl (C=O) groups excluding carboxylic acids is 1. The van der Waals surface area contributed by atoms with Gasteiger partial charge in [0.1, 0.15) is 0 Å². The third-order valence-corrected chi connectivity index (χ3v) is 6.29. The number of hydrogen-bond donors (Lipinski definition) is 0. The molecule has 3 rings (SSSR count). The van der Waals surface area contributed by atoms with Crippen LogP contribution in [0.1, 0.15) is 12.3 Å². The number of rotatable bonds is 6. The van der Waals surface area contributed by atoms with Crippen LogP contribution in [-0.2, 0) is 16.1 Å². The lowest BCUT2D eigenvalue weighted by molar-refractivity contribution is -0.147. The van der Waals surface area contributed by atoms with Crippen molar-refractivity contribution in [3.63, 3.8) is 0 Å². The van der Waals surface area contributed by atoms with Crippen molar-refractivity contribution in [2.24, 2.45) is 0 Å². The number of esters is 1. The molecule has 0 aliphatic carbocycles. The molecule has 124 valence electrons. The molecule has 0 unspecified atom stereocenters. The summed E-state index contributed by atoms with van der Waals surface area (Å²) in [5.74, 6) is 2.77. The molecule has 2 aromatic heterocycles. The zero-order valence-corrected chi connectivity index (χ0v) is 15.7. The summed E-state index contributed by atoms with van der Waals surface area (Å²) in [5.41, 5.74) is 0. The first-order valence-corrected chi connectivity index (χ1v) is 9.90. The minimum Gasteiger partial charge on any atom is -0.455 e. The molecule has 1 aliphatic rings. The number of thioether (sulfide) groups is 1. The Morgan fingerprint density at radius 1 is 1.57 bits per heavy atom. The lowest BCUT2D eigenvalue weighted by atomic mass is 10.2. The van der Waals surface area contributed by atoms with E-state index >= 15 is 0 Å². The molecule has 1 fully saturated rings. The predicted molar refractivity (Wildman–Crippen MR) is 93.5 cm³/mol. The molecule has 2 aromatic rings. The summed E-state index contributed by atoms with van der Waals surface area (Å²) >= 11 is 6.83. The van der Waals surface area contributed by atoms with E-state index in [-0.39, 0.29) is 19.1 Å². The minimum absolute atomic E-state index is 0.00559. The first kappa shape index (κ1) is 16.9. The Balaban J connectivity index is 1.48. The van der Waals surface area contributed by atoms with Gasteiger partial charge < -0.3 is 9.26 Å². The van der Waals surface area contributed by atoms with E-state index in [1.807, 2.05) is 35.8 Å². The van der Waals surface area contributed by atoms with Crippen LogP contribution in [0, 0.1) is 0 Å². The molecule has 1 atom stereocenters. The molecule has 0 aromatic carbocycles. The van der Waals surface area contributed by atoms with Crippen molar-refractivity contribution < 1.29 is 14.1 Å². The van der Waals surface area contributed by atoms with Crippen LogP contribution in [0.3, 0.4) is 0 Å². The Morgan fingerprint density at radius 2 is 2.43 bits per heavy atom. The van der Waals surface area contributed by atoms with Gasteiger partial charge >= 0.3 is 5.97 Å². The zero-order valence-electron chi connectivity index (χ0n) is 12.5. The van der Waals surface area contributed by atoms with Crippen LogP contribution in [0.4, 0.5) is 0 Å². The van der Waals surface area contributed by atoms with Crippen LogP contribution in [0.25, 0.3) is 10.7 Å². The summed E-state index contributed by atoms with van der Waals surface area (Å²) in [6.07, 6.45) is 1.12. The van der Waals surface area contributed by atoms with Gasteiger partial charge in [0, 0.05) is 11.8 Å². The number of likely N-dealkylation sites (N-methyl/N-ethyl adjacent to an activating group) is 1. The molecule has 1 saturated heterocycles. The van der Waals surface area contributed by atoms with Crippen LogP contribution < -0.4 is 0 Å². The van der Waals surface area contributed by atoms with Gasteiger partial charge in [-0.1, -0.05) is 5.16 Å². The Hall–Kier alpha value is -0.900. The number of ether oxygens (including phenoxy) is 1. The highest BCUT2D eigenvalue weighted by Crippen LogP contribution is 2.29. The van der Waals surface area contributed by atoms with E-state index in [2.05, 4.69) is 26.1 Å². The second-order valence-electron chi connectivity index (χ2n) is 5.21. The highest BCUT2D eigenvalue weighted by Gasteiger charge is 2.22. The van der Waals surface area contributed by atoms with E-state index in [0.717, 1.165) is 26.6 Å². The topological polar surface area (TPSA) is 68.5 Å². The van der Waals surface area contributed by atoms with Gasteiger partial charge in [0.25, 0.3) is 5.89 Å². The monoisotopic (exact) mass is 417 g/mol. The number of hydrogen-bond acceptors (Lipinski definition) is 8. The molecule has 0 saturated carbocycles. The summed E-state index contributed by atoms with van der Waals surface area (Å²) in [5, 5.41) is 3.90. The molecule has 0 spiro atoms. The maximum absolute atomic E-state index is 11.9. The van der Waals surface area contributed by atoms with E-state index in [9.17, 15) is 4.79 Å². The van der Waals surface area contributed by atoms with Crippen molar-refractivity contribution in [3.8, 4) is 10.7 Å². The normalized spacial score (nSPS) is 17.8. The van der Waals surface area contributed by atoms with Gasteiger partial charge in [0.05, 0.1) is 15.2 Å². The van der Waals surface area contributed by atoms with Gasteiger partial charge in [-0.15, -0.1) is 11.3 Å². The smallest absolute Gasteiger partial charge is 0.320 e. The zero-order chi connectivity index (χ0) is 16.2. The van der Waals surface area contributed by atoms with Crippen LogP contribution in [0.5, 0.6) is 0 Å². The SMILES string of the molecule is CN(CC(=O)OCc1nc(-c2ccc(Br)s2)no1)[C@H]1CCSC1. The Bertz CT molecular complexity index is 670. The summed E-state index contributed by atoms with van der Waals surface area (Å²) < 4.78 is 11.3. The lowest BCUT2D eigenvalue weighted by Gasteiger charge is -2.21. The second kappa shape index (κ2) is 7.78. The molecule has 3 heterocycles. The van der Waals surface area contributed by atoms with Gasteiger partial charge in [-0.05, 0) is 47.3 Å². The number of aromatic nitrogens is 2. The maximum Gasteiger partial charge on any atom is 0.320 e. The van der Waals surface area contributed by atoms with Crippen molar-refractivity contribution in [1.82, 2.24) is 15.0 Å². The van der Waals surface area contributed by atoms with Gasteiger partial charge in [0.2, 0.25) is 5.82 Å². The quantitative estimate of drug-likeness (QED) is 0.668. The molecule has 9 heteroatoms. The molecule has 1 aliphatic heterocycles. The average molecular weight is 418 g/mol. The summed E-state index contributed by atoms with van der Waals surface area (Å²) in [7, 11) is 1.96. The fourth-order valence-electron chi connectivity index (χ4n) is 2.24. The number of thiophene rings is 1. The van der Waals surface area contributed by atoms with Gasteiger partial charge in [0.15, 0.2) is 6.61 Å². The fourth-order valence-corrected chi connectivity index (χ4v) is 4.85. The Labute approximate surface area is 150 Å². The third-order valence-electron chi connectivity index (χ3n) is 3.53. The molecular formula is C14H16BrN3O3S2. The van der Waals surface area contributed by atoms with Gasteiger partial charge in [-0.25, -0.2) is 0 Å². The summed E-state index contributed by atoms with van der Waals surface area (Å²) in [6, 6.07) is 4.29. The lowest BCUT2D eigenvalue weighted by Crippen LogP contribution is -2.36. The molecule has 0 radical (unpaired) electrons. The average Bonchev–Trinajstić information content (AvgIpc) is 3.26. The standard InChI is InChI=1S/C14H16BrN3O3S2/c1-18(9-4-5-22-8-9)6-13(19)20-7-12-16-14(17-21-12)10-2-3-11(15)23-10/h2-3,9H,4-8H2,1H3/t9-/m0/s1. The summed E-state index contributed by atoms with van der Waals surface area (Å²) in [4.78, 5) is 19.1. The predicted octanol–water partition coefficient (Wildman–Crippen LogP) is 3.04. The Morgan fingerprint density at radius 3 is 3.13 bits per heavy atom. The first-order valence-electron chi connectivity index (χ1n) is 7.13. The van der Waals surface area contributed by atoms with Crippen LogP contribution in [0.15, 0.2) is 20.4 Å². The van der Waals surface area contributed by atoms with Crippen molar-refractivity contribution in [1.29, 1.82) is 0 Å². The molecule has 23 heavy (non-hydrogen) atoms. The molecular weight excluding hydrogens is 402 g/mol. The van der Waals surface area contributed by atoms with Crippen LogP contribution in [0.2, 0.25) is 0 Å². The molecule has 0 N–H and O–H groups in total. The molecule has 0 amide bonds. The highest BCUT2D eigenvalue weighted by atomic mass is 79.9. The van der Waals surface area contributed by atoms with E-state index in [4.69, 9.17) is 9.26 Å². The van der Waals surface area contributed by atoms with E-state index in [1.165, 1.54) is 11.3 Å².